The Bertz CT molecular complexity index is 832. The summed E-state index contributed by atoms with van der Waals surface area (Å²) >= 11 is 0. The molecule has 2 saturated carbocycles. The third kappa shape index (κ3) is 2.75. The lowest BCUT2D eigenvalue weighted by Gasteiger charge is -2.52. The number of hydrogen-bond acceptors (Lipinski definition) is 4. The van der Waals surface area contributed by atoms with E-state index in [1.54, 1.807) is 6.08 Å². The van der Waals surface area contributed by atoms with E-state index in [0.717, 1.165) is 25.7 Å². The molecule has 4 rings (SSSR count). The Morgan fingerprint density at radius 1 is 1.29 bits per heavy atom. The third-order valence-electron chi connectivity index (χ3n) is 8.05. The van der Waals surface area contributed by atoms with Crippen LogP contribution in [0.3, 0.4) is 0 Å². The highest BCUT2D eigenvalue weighted by molar-refractivity contribution is 6.01. The van der Waals surface area contributed by atoms with Crippen LogP contribution in [0.2, 0.25) is 0 Å². The second-order valence-electron chi connectivity index (χ2n) is 9.67. The second kappa shape index (κ2) is 6.53. The highest BCUT2D eigenvalue weighted by Gasteiger charge is 2.59. The van der Waals surface area contributed by atoms with Crippen LogP contribution in [0, 0.1) is 34.5 Å². The quantitative estimate of drug-likeness (QED) is 0.542. The molecular weight excluding hydrogens is 352 g/mol. The van der Waals surface area contributed by atoms with Gasteiger partial charge in [-0.05, 0) is 67.9 Å². The number of allylic oxidation sites excluding steroid dienone is 6. The normalized spacial score (nSPS) is 41.4. The average molecular weight is 383 g/mol. The Morgan fingerprint density at radius 2 is 2.04 bits per heavy atom. The molecule has 0 spiro atoms. The average Bonchev–Trinajstić information content (AvgIpc) is 2.90. The van der Waals surface area contributed by atoms with Crippen LogP contribution in [0.15, 0.2) is 35.5 Å². The van der Waals surface area contributed by atoms with Crippen molar-refractivity contribution >= 4 is 17.5 Å². The van der Waals surface area contributed by atoms with Crippen LogP contribution in [0.4, 0.5) is 0 Å². The van der Waals surface area contributed by atoms with Crippen molar-refractivity contribution in [2.45, 2.75) is 53.4 Å². The van der Waals surface area contributed by atoms with Crippen molar-refractivity contribution in [2.75, 3.05) is 6.61 Å². The van der Waals surface area contributed by atoms with Gasteiger partial charge in [-0.2, -0.15) is 0 Å². The highest BCUT2D eigenvalue weighted by Crippen LogP contribution is 2.65. The van der Waals surface area contributed by atoms with Gasteiger partial charge in [0.2, 0.25) is 0 Å². The molecule has 0 heterocycles. The fourth-order valence-electron chi connectivity index (χ4n) is 6.84. The Kier molecular flexibility index (Phi) is 4.52. The summed E-state index contributed by atoms with van der Waals surface area (Å²) in [5.41, 5.74) is 2.44. The van der Waals surface area contributed by atoms with E-state index >= 15 is 0 Å². The standard InChI is InChI=1S/C24H30O4/c1-14-11-20-18-6-5-16-12-17(26)7-9-23(16,3)19(18)8-10-24(20,4)22(14)21(27)13-28-15(2)25/h7-9,12,14,18,20,22H,5-6,10-11,13H2,1-4H3/t14-,18?,20?,22?,23+,24+/m1/s1. The van der Waals surface area contributed by atoms with E-state index in [1.807, 2.05) is 6.08 Å². The van der Waals surface area contributed by atoms with Gasteiger partial charge in [0.15, 0.2) is 11.6 Å². The third-order valence-corrected chi connectivity index (χ3v) is 8.05. The molecule has 4 heteroatoms. The first-order valence-electron chi connectivity index (χ1n) is 10.5. The van der Waals surface area contributed by atoms with E-state index in [0.29, 0.717) is 17.8 Å². The molecule has 0 saturated heterocycles. The number of ketones is 2. The second-order valence-corrected chi connectivity index (χ2v) is 9.67. The molecule has 0 N–H and O–H groups in total. The zero-order valence-corrected chi connectivity index (χ0v) is 17.3. The van der Waals surface area contributed by atoms with Crippen molar-refractivity contribution in [1.82, 2.24) is 0 Å². The molecule has 4 nitrogen and oxygen atoms in total. The topological polar surface area (TPSA) is 60.4 Å². The Hall–Kier alpha value is -1.97. The number of ether oxygens (including phenoxy) is 1. The predicted octanol–water partition coefficient (Wildman–Crippen LogP) is 4.21. The molecule has 3 unspecified atom stereocenters. The van der Waals surface area contributed by atoms with Gasteiger partial charge in [-0.1, -0.05) is 37.1 Å². The van der Waals surface area contributed by atoms with Crippen LogP contribution >= 0.6 is 0 Å². The van der Waals surface area contributed by atoms with Gasteiger partial charge >= 0.3 is 5.97 Å². The number of rotatable bonds is 3. The molecule has 0 amide bonds. The molecule has 0 bridgehead atoms. The summed E-state index contributed by atoms with van der Waals surface area (Å²) < 4.78 is 5.04. The van der Waals surface area contributed by atoms with Crippen LogP contribution < -0.4 is 0 Å². The number of esters is 1. The largest absolute Gasteiger partial charge is 0.458 e. The predicted molar refractivity (Wildman–Crippen MR) is 106 cm³/mol. The molecule has 6 atom stereocenters. The summed E-state index contributed by atoms with van der Waals surface area (Å²) in [5, 5.41) is 0. The lowest BCUT2D eigenvalue weighted by Crippen LogP contribution is -2.45. The fraction of sp³-hybridized carbons (Fsp3) is 0.625. The minimum absolute atomic E-state index is 0.0651. The molecule has 0 aromatic rings. The van der Waals surface area contributed by atoms with Gasteiger partial charge in [-0.3, -0.25) is 14.4 Å². The molecule has 2 fully saturated rings. The van der Waals surface area contributed by atoms with Crippen molar-refractivity contribution in [3.8, 4) is 0 Å². The van der Waals surface area contributed by atoms with Crippen molar-refractivity contribution in [2.24, 2.45) is 34.5 Å². The number of fused-ring (bicyclic) bond motifs is 5. The van der Waals surface area contributed by atoms with E-state index in [4.69, 9.17) is 4.74 Å². The summed E-state index contributed by atoms with van der Waals surface area (Å²) in [6.07, 6.45) is 11.9. The molecule has 4 aliphatic rings. The minimum Gasteiger partial charge on any atom is -0.458 e. The maximum Gasteiger partial charge on any atom is 0.303 e. The first-order chi connectivity index (χ1) is 13.2. The summed E-state index contributed by atoms with van der Waals surface area (Å²) in [4.78, 5) is 36.0. The zero-order chi connectivity index (χ0) is 20.3. The summed E-state index contributed by atoms with van der Waals surface area (Å²) in [6, 6.07) is 0. The lowest BCUT2D eigenvalue weighted by atomic mass is 9.52. The van der Waals surface area contributed by atoms with Gasteiger partial charge in [0.1, 0.15) is 6.61 Å². The van der Waals surface area contributed by atoms with Crippen molar-refractivity contribution in [3.63, 3.8) is 0 Å². The van der Waals surface area contributed by atoms with E-state index in [9.17, 15) is 14.4 Å². The van der Waals surface area contributed by atoms with Gasteiger partial charge in [0.25, 0.3) is 0 Å². The number of carbonyl (C=O) groups excluding carboxylic acids is 3. The van der Waals surface area contributed by atoms with Gasteiger partial charge in [-0.25, -0.2) is 0 Å². The van der Waals surface area contributed by atoms with Crippen molar-refractivity contribution < 1.29 is 19.1 Å². The van der Waals surface area contributed by atoms with Gasteiger partial charge in [0, 0.05) is 18.3 Å². The molecule has 150 valence electrons. The molecule has 28 heavy (non-hydrogen) atoms. The number of carbonyl (C=O) groups is 3. The molecule has 0 aromatic heterocycles. The van der Waals surface area contributed by atoms with Crippen LogP contribution in [-0.2, 0) is 19.1 Å². The smallest absolute Gasteiger partial charge is 0.303 e. The van der Waals surface area contributed by atoms with Gasteiger partial charge in [-0.15, -0.1) is 0 Å². The summed E-state index contributed by atoms with van der Waals surface area (Å²) in [5.74, 6) is 0.894. The molecule has 0 aromatic carbocycles. The van der Waals surface area contributed by atoms with E-state index in [-0.39, 0.29) is 34.9 Å². The SMILES string of the molecule is CC(=O)OCC(=O)C1[C@H](C)CC2C3CCC4=CC(=O)C=C[C@]4(C)C3=CC[C@@]21C. The zero-order valence-electron chi connectivity index (χ0n) is 17.3. The van der Waals surface area contributed by atoms with E-state index in [2.05, 4.69) is 32.9 Å². The van der Waals surface area contributed by atoms with Gasteiger partial charge in [0.05, 0.1) is 0 Å². The monoisotopic (exact) mass is 382 g/mol. The van der Waals surface area contributed by atoms with Crippen molar-refractivity contribution in [3.05, 3.63) is 35.5 Å². The Labute approximate surface area is 167 Å². The first-order valence-corrected chi connectivity index (χ1v) is 10.5. The van der Waals surface area contributed by atoms with Crippen molar-refractivity contribution in [1.29, 1.82) is 0 Å². The van der Waals surface area contributed by atoms with Crippen LogP contribution in [-0.4, -0.2) is 24.1 Å². The number of hydrogen-bond donors (Lipinski definition) is 0. The van der Waals surface area contributed by atoms with E-state index in [1.165, 1.54) is 18.1 Å². The van der Waals surface area contributed by atoms with E-state index < -0.39 is 5.97 Å². The maximum absolute atomic E-state index is 13.0. The first kappa shape index (κ1) is 19.4. The highest BCUT2D eigenvalue weighted by atomic mass is 16.5. The van der Waals surface area contributed by atoms with Crippen LogP contribution in [0.1, 0.15) is 53.4 Å². The molecule has 0 aliphatic heterocycles. The number of Topliss-reactive ketones (excluding diaryl/α,β-unsaturated/α-hetero) is 1. The minimum atomic E-state index is -0.398. The maximum atomic E-state index is 13.0. The van der Waals surface area contributed by atoms with Gasteiger partial charge < -0.3 is 4.74 Å². The summed E-state index contributed by atoms with van der Waals surface area (Å²) in [7, 11) is 0. The Balaban J connectivity index is 1.66. The summed E-state index contributed by atoms with van der Waals surface area (Å²) in [6.45, 7) is 7.92. The fourth-order valence-corrected chi connectivity index (χ4v) is 6.84. The molecule has 0 radical (unpaired) electrons. The lowest BCUT2D eigenvalue weighted by molar-refractivity contribution is -0.148. The Morgan fingerprint density at radius 3 is 2.75 bits per heavy atom. The van der Waals surface area contributed by atoms with Crippen LogP contribution in [0.5, 0.6) is 0 Å². The molecule has 4 aliphatic carbocycles. The van der Waals surface area contributed by atoms with Crippen LogP contribution in [0.25, 0.3) is 0 Å². The molecular formula is C24H30O4.